The van der Waals surface area contributed by atoms with Crippen LogP contribution in [-0.4, -0.2) is 6.23 Å². The molecule has 24 heavy (non-hydrogen) atoms. The van der Waals surface area contributed by atoms with Crippen LogP contribution < -0.4 is 10.1 Å². The van der Waals surface area contributed by atoms with E-state index in [1.165, 1.54) is 22.3 Å². The van der Waals surface area contributed by atoms with Gasteiger partial charge < -0.3 is 10.1 Å². The minimum Gasteiger partial charge on any atom is -0.469 e. The molecule has 118 valence electrons. The first kappa shape index (κ1) is 14.1. The number of ether oxygens (including phenoxy) is 1. The molecular weight excluding hydrogens is 362 g/mol. The molecule has 2 heterocycles. The lowest BCUT2D eigenvalue weighted by molar-refractivity contribution is 0.226. The highest BCUT2D eigenvalue weighted by molar-refractivity contribution is 9.10. The number of para-hydroxylation sites is 1. The Morgan fingerprint density at radius 3 is 2.62 bits per heavy atom. The quantitative estimate of drug-likeness (QED) is 0.626. The summed E-state index contributed by atoms with van der Waals surface area (Å²) >= 11 is 3.69. The average molecular weight is 378 g/mol. The Hall–Kier alpha value is -2.26. The van der Waals surface area contributed by atoms with Gasteiger partial charge in [0.25, 0.3) is 0 Å². The summed E-state index contributed by atoms with van der Waals surface area (Å²) in [5.41, 5.74) is 5.81. The Kier molecular flexibility index (Phi) is 2.86. The van der Waals surface area contributed by atoms with Crippen LogP contribution in [0.25, 0.3) is 0 Å². The van der Waals surface area contributed by atoms with Crippen molar-refractivity contribution in [2.75, 3.05) is 5.32 Å². The number of anilines is 1. The molecule has 3 aromatic carbocycles. The lowest BCUT2D eigenvalue weighted by atomic mass is 9.70. The SMILES string of the molecule is Cc1ccc2c(c1)[C@]1(c3ccccc3)c3cccc(Br)c3N[C@@H]1O2. The Morgan fingerprint density at radius 2 is 1.79 bits per heavy atom. The minimum atomic E-state index is -0.318. The van der Waals surface area contributed by atoms with Gasteiger partial charge in [-0.05, 0) is 46.1 Å². The molecule has 3 heteroatoms. The lowest BCUT2D eigenvalue weighted by Gasteiger charge is -2.29. The topological polar surface area (TPSA) is 21.3 Å². The fraction of sp³-hybridized carbons (Fsp3) is 0.143. The molecule has 0 fully saturated rings. The van der Waals surface area contributed by atoms with Crippen LogP contribution in [0, 0.1) is 6.92 Å². The third kappa shape index (κ3) is 1.65. The summed E-state index contributed by atoms with van der Waals surface area (Å²) in [5, 5.41) is 3.60. The summed E-state index contributed by atoms with van der Waals surface area (Å²) in [6.45, 7) is 2.14. The zero-order chi connectivity index (χ0) is 16.3. The summed E-state index contributed by atoms with van der Waals surface area (Å²) in [7, 11) is 0. The third-order valence-corrected chi connectivity index (χ3v) is 5.80. The fourth-order valence-corrected chi connectivity index (χ4v) is 4.61. The smallest absolute Gasteiger partial charge is 0.188 e. The number of benzene rings is 3. The number of halogens is 1. The van der Waals surface area contributed by atoms with Gasteiger partial charge in [-0.1, -0.05) is 60.2 Å². The number of fused-ring (bicyclic) bond motifs is 5. The largest absolute Gasteiger partial charge is 0.469 e. The van der Waals surface area contributed by atoms with E-state index in [-0.39, 0.29) is 11.6 Å². The molecule has 3 aromatic rings. The normalized spacial score (nSPS) is 23.0. The van der Waals surface area contributed by atoms with E-state index in [1.54, 1.807) is 0 Å². The first-order chi connectivity index (χ1) is 11.7. The highest BCUT2D eigenvalue weighted by atomic mass is 79.9. The number of hydrogen-bond donors (Lipinski definition) is 1. The molecule has 0 amide bonds. The Labute approximate surface area is 149 Å². The zero-order valence-corrected chi connectivity index (χ0v) is 14.8. The highest BCUT2D eigenvalue weighted by Gasteiger charge is 2.57. The molecule has 0 aliphatic carbocycles. The second-order valence-electron chi connectivity index (χ2n) is 6.48. The van der Waals surface area contributed by atoms with Gasteiger partial charge in [-0.2, -0.15) is 0 Å². The molecule has 5 rings (SSSR count). The van der Waals surface area contributed by atoms with Crippen LogP contribution in [0.3, 0.4) is 0 Å². The van der Waals surface area contributed by atoms with Gasteiger partial charge in [0.2, 0.25) is 0 Å². The maximum atomic E-state index is 6.35. The monoisotopic (exact) mass is 377 g/mol. The summed E-state index contributed by atoms with van der Waals surface area (Å²) in [6.07, 6.45) is -0.134. The Bertz CT molecular complexity index is 949. The molecule has 0 aromatic heterocycles. The molecule has 0 bridgehead atoms. The van der Waals surface area contributed by atoms with Crippen molar-refractivity contribution in [2.24, 2.45) is 0 Å². The van der Waals surface area contributed by atoms with Gasteiger partial charge in [0.05, 0.1) is 5.69 Å². The van der Waals surface area contributed by atoms with Crippen LogP contribution in [-0.2, 0) is 5.41 Å². The van der Waals surface area contributed by atoms with Gasteiger partial charge in [0.1, 0.15) is 11.2 Å². The van der Waals surface area contributed by atoms with E-state index in [2.05, 4.69) is 94.9 Å². The summed E-state index contributed by atoms with van der Waals surface area (Å²) in [5.74, 6) is 0.965. The van der Waals surface area contributed by atoms with Crippen molar-refractivity contribution < 1.29 is 4.74 Å². The zero-order valence-electron chi connectivity index (χ0n) is 13.2. The van der Waals surface area contributed by atoms with Crippen LogP contribution >= 0.6 is 15.9 Å². The number of hydrogen-bond acceptors (Lipinski definition) is 2. The van der Waals surface area contributed by atoms with Gasteiger partial charge in [-0.15, -0.1) is 0 Å². The van der Waals surface area contributed by atoms with Crippen LogP contribution in [0.4, 0.5) is 5.69 Å². The third-order valence-electron chi connectivity index (χ3n) is 5.14. The average Bonchev–Trinajstić information content (AvgIpc) is 3.09. The highest BCUT2D eigenvalue weighted by Crippen LogP contribution is 2.58. The standard InChI is InChI=1S/C21H16BrNO/c1-13-10-11-18-16(12-13)21(14-6-3-2-4-7-14)15-8-5-9-17(22)19(15)23-20(21)24-18/h2-12,20,23H,1H3/t20-,21+/m1/s1. The van der Waals surface area contributed by atoms with E-state index in [9.17, 15) is 0 Å². The van der Waals surface area contributed by atoms with Crippen LogP contribution in [0.2, 0.25) is 0 Å². The fourth-order valence-electron chi connectivity index (χ4n) is 4.13. The van der Waals surface area contributed by atoms with E-state index in [4.69, 9.17) is 4.74 Å². The summed E-state index contributed by atoms with van der Waals surface area (Å²) in [4.78, 5) is 0. The molecule has 2 aliphatic heterocycles. The molecule has 2 atom stereocenters. The van der Waals surface area contributed by atoms with Gasteiger partial charge in [-0.3, -0.25) is 0 Å². The van der Waals surface area contributed by atoms with Crippen molar-refractivity contribution in [3.63, 3.8) is 0 Å². The second-order valence-corrected chi connectivity index (χ2v) is 7.33. The van der Waals surface area contributed by atoms with Gasteiger partial charge >= 0.3 is 0 Å². The summed E-state index contributed by atoms with van der Waals surface area (Å²) in [6, 6.07) is 23.5. The van der Waals surface area contributed by atoms with Crippen molar-refractivity contribution in [2.45, 2.75) is 18.6 Å². The van der Waals surface area contributed by atoms with Crippen molar-refractivity contribution in [3.8, 4) is 5.75 Å². The van der Waals surface area contributed by atoms with E-state index in [1.807, 2.05) is 0 Å². The molecule has 2 nitrogen and oxygen atoms in total. The summed E-state index contributed by atoms with van der Waals surface area (Å²) < 4.78 is 7.42. The number of aryl methyl sites for hydroxylation is 1. The lowest BCUT2D eigenvalue weighted by Crippen LogP contribution is -2.39. The number of rotatable bonds is 1. The van der Waals surface area contributed by atoms with Gasteiger partial charge in [0, 0.05) is 10.0 Å². The number of nitrogens with one attached hydrogen (secondary N) is 1. The van der Waals surface area contributed by atoms with Crippen molar-refractivity contribution in [1.29, 1.82) is 0 Å². The van der Waals surface area contributed by atoms with Gasteiger partial charge in [-0.25, -0.2) is 0 Å². The van der Waals surface area contributed by atoms with Crippen molar-refractivity contribution in [1.82, 2.24) is 0 Å². The maximum absolute atomic E-state index is 6.35. The minimum absolute atomic E-state index is 0.134. The predicted molar refractivity (Wildman–Crippen MR) is 99.7 cm³/mol. The van der Waals surface area contributed by atoms with Crippen molar-refractivity contribution >= 4 is 21.6 Å². The molecule has 0 unspecified atom stereocenters. The molecule has 0 radical (unpaired) electrons. The van der Waals surface area contributed by atoms with E-state index in [0.29, 0.717) is 0 Å². The molecule has 1 N–H and O–H groups in total. The Balaban J connectivity index is 1.90. The first-order valence-corrected chi connectivity index (χ1v) is 8.89. The van der Waals surface area contributed by atoms with E-state index < -0.39 is 0 Å². The van der Waals surface area contributed by atoms with Crippen LogP contribution in [0.5, 0.6) is 5.75 Å². The first-order valence-electron chi connectivity index (χ1n) is 8.10. The van der Waals surface area contributed by atoms with E-state index >= 15 is 0 Å². The molecule has 2 aliphatic rings. The molecule has 0 spiro atoms. The van der Waals surface area contributed by atoms with E-state index in [0.717, 1.165) is 15.9 Å². The Morgan fingerprint density at radius 1 is 0.958 bits per heavy atom. The molecular formula is C21H16BrNO. The van der Waals surface area contributed by atoms with Gasteiger partial charge in [0.15, 0.2) is 6.23 Å². The molecule has 0 saturated heterocycles. The van der Waals surface area contributed by atoms with Crippen LogP contribution in [0.1, 0.15) is 22.3 Å². The van der Waals surface area contributed by atoms with Crippen LogP contribution in [0.15, 0.2) is 71.2 Å². The van der Waals surface area contributed by atoms with Crippen molar-refractivity contribution in [3.05, 3.63) is 93.5 Å². The molecule has 0 saturated carbocycles. The predicted octanol–water partition coefficient (Wildman–Crippen LogP) is 5.24. The maximum Gasteiger partial charge on any atom is 0.188 e. The second kappa shape index (κ2) is 4.87.